The van der Waals surface area contributed by atoms with Crippen molar-refractivity contribution in [2.75, 3.05) is 25.6 Å². The van der Waals surface area contributed by atoms with Crippen molar-refractivity contribution in [3.63, 3.8) is 0 Å². The number of nitrogens with one attached hydrogen (secondary N) is 1. The highest BCUT2D eigenvalue weighted by Crippen LogP contribution is 2.44. The molecule has 2 heterocycles. The topological polar surface area (TPSA) is 147 Å². The minimum Gasteiger partial charge on any atom is -0.486 e. The summed E-state index contributed by atoms with van der Waals surface area (Å²) < 4.78 is 53.2. The molecular weight excluding hydrogens is 500 g/mol. The molecule has 4 atom stereocenters. The lowest BCUT2D eigenvalue weighted by Gasteiger charge is -2.24. The second kappa shape index (κ2) is 11.9. The van der Waals surface area contributed by atoms with Gasteiger partial charge in [0.2, 0.25) is 0 Å². The Hall–Kier alpha value is -2.83. The summed E-state index contributed by atoms with van der Waals surface area (Å²) in [5.41, 5.74) is -0.700. The molecule has 0 saturated carbocycles. The van der Waals surface area contributed by atoms with Gasteiger partial charge in [-0.3, -0.25) is 18.4 Å². The number of nitrogens with zero attached hydrogens (tertiary/aromatic N) is 2. The van der Waals surface area contributed by atoms with Gasteiger partial charge in [-0.15, -0.1) is 0 Å². The molecule has 1 aromatic carbocycles. The van der Waals surface area contributed by atoms with Gasteiger partial charge in [0.05, 0.1) is 18.8 Å². The number of carbonyl (C=O) groups is 1. The number of phosphoric acid groups is 1. The summed E-state index contributed by atoms with van der Waals surface area (Å²) in [6.45, 7) is 4.91. The third kappa shape index (κ3) is 7.58. The average Bonchev–Trinajstić information content (AvgIpc) is 2.80. The number of halogens is 1. The minimum absolute atomic E-state index is 0.0737. The van der Waals surface area contributed by atoms with Gasteiger partial charge in [0.15, 0.2) is 17.8 Å². The van der Waals surface area contributed by atoms with Crippen molar-refractivity contribution in [2.45, 2.75) is 51.8 Å². The number of rotatable bonds is 11. The van der Waals surface area contributed by atoms with Crippen molar-refractivity contribution >= 4 is 19.5 Å². The van der Waals surface area contributed by atoms with Crippen molar-refractivity contribution < 1.29 is 41.9 Å². The molecule has 1 aromatic heterocycles. The highest BCUT2D eigenvalue weighted by atomic mass is 31.2. The highest BCUT2D eigenvalue weighted by Gasteiger charge is 2.27. The van der Waals surface area contributed by atoms with Gasteiger partial charge in [-0.05, 0) is 45.0 Å². The average molecular weight is 529 g/mol. The predicted molar refractivity (Wildman–Crippen MR) is 126 cm³/mol. The third-order valence-corrected chi connectivity index (χ3v) is 6.10. The molecule has 1 aliphatic rings. The van der Waals surface area contributed by atoms with Crippen molar-refractivity contribution in [3.8, 4) is 11.5 Å². The SMILES string of the molecule is CO[C@H](COP(=O)(O)OC(C)C)C[C@H](F)n1ccc(NC(=O)c2ccc3c(c2)OC(C)CO3)nc1=O. The summed E-state index contributed by atoms with van der Waals surface area (Å²) in [5.74, 6) is 0.327. The maximum Gasteiger partial charge on any atom is 0.472 e. The van der Waals surface area contributed by atoms with Crippen LogP contribution in [0.2, 0.25) is 0 Å². The molecule has 198 valence electrons. The fourth-order valence-corrected chi connectivity index (χ4v) is 4.19. The summed E-state index contributed by atoms with van der Waals surface area (Å²) in [4.78, 5) is 38.3. The molecule has 0 saturated heterocycles. The largest absolute Gasteiger partial charge is 0.486 e. The van der Waals surface area contributed by atoms with Gasteiger partial charge in [0, 0.05) is 25.3 Å². The summed E-state index contributed by atoms with van der Waals surface area (Å²) in [7, 11) is -3.07. The zero-order valence-electron chi connectivity index (χ0n) is 20.3. The molecule has 0 fully saturated rings. The second-order valence-electron chi connectivity index (χ2n) is 8.30. The number of ether oxygens (including phenoxy) is 3. The minimum atomic E-state index is -4.33. The summed E-state index contributed by atoms with van der Waals surface area (Å²) in [5, 5.41) is 2.49. The Labute approximate surface area is 206 Å². The number of alkyl halides is 1. The number of phosphoric ester groups is 1. The third-order valence-electron chi connectivity index (χ3n) is 4.94. The number of benzene rings is 1. The van der Waals surface area contributed by atoms with Crippen LogP contribution < -0.4 is 20.5 Å². The van der Waals surface area contributed by atoms with Crippen LogP contribution in [0.25, 0.3) is 0 Å². The zero-order valence-corrected chi connectivity index (χ0v) is 21.1. The fourth-order valence-electron chi connectivity index (χ4n) is 3.24. The first-order valence-electron chi connectivity index (χ1n) is 11.1. The van der Waals surface area contributed by atoms with Gasteiger partial charge in [-0.1, -0.05) is 0 Å². The van der Waals surface area contributed by atoms with E-state index in [9.17, 15) is 23.4 Å². The van der Waals surface area contributed by atoms with Crippen molar-refractivity contribution in [2.24, 2.45) is 0 Å². The number of hydrogen-bond acceptors (Lipinski definition) is 9. The highest BCUT2D eigenvalue weighted by molar-refractivity contribution is 7.47. The molecule has 0 radical (unpaired) electrons. The van der Waals surface area contributed by atoms with Crippen molar-refractivity contribution in [1.29, 1.82) is 0 Å². The number of anilines is 1. The van der Waals surface area contributed by atoms with Crippen LogP contribution in [0, 0.1) is 0 Å². The molecule has 2 aromatic rings. The lowest BCUT2D eigenvalue weighted by molar-refractivity contribution is 0.00641. The van der Waals surface area contributed by atoms with Gasteiger partial charge >= 0.3 is 13.5 Å². The van der Waals surface area contributed by atoms with Crippen LogP contribution in [-0.2, 0) is 18.3 Å². The molecule has 1 amide bonds. The van der Waals surface area contributed by atoms with E-state index in [-0.39, 0.29) is 23.9 Å². The van der Waals surface area contributed by atoms with Gasteiger partial charge in [-0.2, -0.15) is 4.98 Å². The van der Waals surface area contributed by atoms with E-state index in [0.717, 1.165) is 6.20 Å². The first-order valence-corrected chi connectivity index (χ1v) is 12.6. The van der Waals surface area contributed by atoms with E-state index in [2.05, 4.69) is 10.3 Å². The van der Waals surface area contributed by atoms with E-state index in [1.54, 1.807) is 19.9 Å². The Balaban J connectivity index is 1.61. The molecule has 14 heteroatoms. The van der Waals surface area contributed by atoms with Gasteiger partial charge in [0.1, 0.15) is 18.5 Å². The second-order valence-corrected chi connectivity index (χ2v) is 9.71. The zero-order chi connectivity index (χ0) is 26.5. The number of fused-ring (bicyclic) bond motifs is 1. The molecule has 0 spiro atoms. The van der Waals surface area contributed by atoms with Crippen LogP contribution in [0.1, 0.15) is 43.8 Å². The molecule has 36 heavy (non-hydrogen) atoms. The van der Waals surface area contributed by atoms with Gasteiger partial charge in [-0.25, -0.2) is 13.8 Å². The smallest absolute Gasteiger partial charge is 0.472 e. The molecule has 3 rings (SSSR count). The number of amides is 1. The Morgan fingerprint density at radius 3 is 2.78 bits per heavy atom. The molecule has 0 aliphatic carbocycles. The van der Waals surface area contributed by atoms with Crippen molar-refractivity contribution in [1.82, 2.24) is 9.55 Å². The quantitative estimate of drug-likeness (QED) is 0.416. The normalized spacial score (nSPS) is 18.4. The van der Waals surface area contributed by atoms with Crippen LogP contribution in [0.5, 0.6) is 11.5 Å². The standard InChI is InChI=1S/C22H29FN3O9P/c1-13(2)35-36(29,30)33-12-16(31-4)10-19(23)26-8-7-20(25-22(26)28)24-21(27)15-5-6-17-18(9-15)34-14(3)11-32-17/h5-9,13-14,16,19H,10-12H2,1-4H3,(H,29,30)(H,24,25,27,28)/t14?,16-,19+/m0/s1. The molecule has 0 bridgehead atoms. The maximum atomic E-state index is 14.8. The molecule has 1 aliphatic heterocycles. The fraction of sp³-hybridized carbons (Fsp3) is 0.500. The van der Waals surface area contributed by atoms with Crippen LogP contribution in [0.3, 0.4) is 0 Å². The number of methoxy groups -OCH3 is 1. The van der Waals surface area contributed by atoms with Crippen LogP contribution in [0.15, 0.2) is 35.3 Å². The van der Waals surface area contributed by atoms with Crippen molar-refractivity contribution in [3.05, 3.63) is 46.5 Å². The van der Waals surface area contributed by atoms with E-state index in [1.807, 2.05) is 6.92 Å². The number of aromatic nitrogens is 2. The first-order chi connectivity index (χ1) is 17.0. The van der Waals surface area contributed by atoms with E-state index in [1.165, 1.54) is 25.3 Å². The molecule has 2 N–H and O–H groups in total. The van der Waals surface area contributed by atoms with Crippen LogP contribution in [0.4, 0.5) is 10.2 Å². The Kier molecular flexibility index (Phi) is 9.20. The number of carbonyl (C=O) groups excluding carboxylic acids is 1. The van der Waals surface area contributed by atoms with E-state index < -0.39 is 44.5 Å². The molecular formula is C22H29FN3O9P. The van der Waals surface area contributed by atoms with Crippen LogP contribution in [-0.4, -0.2) is 59.0 Å². The van der Waals surface area contributed by atoms with E-state index in [4.69, 9.17) is 23.3 Å². The van der Waals surface area contributed by atoms with E-state index >= 15 is 0 Å². The lowest BCUT2D eigenvalue weighted by atomic mass is 10.1. The number of hydrogen-bond donors (Lipinski definition) is 2. The summed E-state index contributed by atoms with van der Waals surface area (Å²) >= 11 is 0. The van der Waals surface area contributed by atoms with Crippen LogP contribution >= 0.6 is 7.82 Å². The van der Waals surface area contributed by atoms with Gasteiger partial charge < -0.3 is 24.4 Å². The summed E-state index contributed by atoms with van der Waals surface area (Å²) in [6.07, 6.45) is -2.80. The molecule has 12 nitrogen and oxygen atoms in total. The molecule has 2 unspecified atom stereocenters. The maximum absolute atomic E-state index is 14.8. The summed E-state index contributed by atoms with van der Waals surface area (Å²) in [6, 6.07) is 5.93. The Morgan fingerprint density at radius 2 is 2.11 bits per heavy atom. The Bertz CT molecular complexity index is 1180. The van der Waals surface area contributed by atoms with Gasteiger partial charge in [0.25, 0.3) is 5.91 Å². The first kappa shape index (κ1) is 27.8. The Morgan fingerprint density at radius 1 is 1.36 bits per heavy atom. The monoisotopic (exact) mass is 529 g/mol. The predicted octanol–water partition coefficient (Wildman–Crippen LogP) is 3.07. The lowest BCUT2D eigenvalue weighted by Crippen LogP contribution is -2.30. The van der Waals surface area contributed by atoms with E-state index in [0.29, 0.717) is 22.7 Å².